The molecule has 2 amide bonds. The van der Waals surface area contributed by atoms with E-state index in [0.717, 1.165) is 50.9 Å². The van der Waals surface area contributed by atoms with Crippen LogP contribution in [0.1, 0.15) is 61.1 Å². The van der Waals surface area contributed by atoms with E-state index in [4.69, 9.17) is 4.74 Å². The van der Waals surface area contributed by atoms with Crippen molar-refractivity contribution in [2.75, 3.05) is 31.1 Å². The molecule has 37 heavy (non-hydrogen) atoms. The van der Waals surface area contributed by atoms with Gasteiger partial charge in [-0.05, 0) is 75.7 Å². The molecule has 0 aromatic carbocycles. The monoisotopic (exact) mass is 505 g/mol. The Kier molecular flexibility index (Phi) is 8.74. The number of aryl methyl sites for hydroxylation is 1. The standard InChI is InChI=1S/C28H35N5O4/c1-3-4-6-22(15-29)25(37-26-16-32-11-8-20(26)9-12-32)13-19(2)30-28(36)33-10-5-7-21-14-23(17-34)24(18-35)31-27(21)33/h4,6,13-14,18,20,26,34H,3,5,7-12,16-17H2,1-2H3,(H,30,36)/b6-4+,19-13+,25-22-. The fourth-order valence-electron chi connectivity index (χ4n) is 5.25. The minimum atomic E-state index is -0.374. The van der Waals surface area contributed by atoms with Gasteiger partial charge in [0.25, 0.3) is 0 Å². The summed E-state index contributed by atoms with van der Waals surface area (Å²) in [7, 11) is 0. The SMILES string of the molecule is CC/C=C/C(C#N)=C(\C=C(/C)NC(=O)N1CCCc2cc(CO)c(C=O)nc21)OC1CN2CCC1CC2. The van der Waals surface area contributed by atoms with Gasteiger partial charge in [-0.15, -0.1) is 0 Å². The molecular weight excluding hydrogens is 470 g/mol. The molecule has 0 spiro atoms. The number of ether oxygens (including phenoxy) is 1. The third kappa shape index (κ3) is 6.09. The molecule has 2 bridgehead atoms. The number of carbonyl (C=O) groups excluding carboxylic acids is 2. The molecule has 1 unspecified atom stereocenters. The fourth-order valence-corrected chi connectivity index (χ4v) is 5.25. The Morgan fingerprint density at radius 3 is 2.76 bits per heavy atom. The lowest BCUT2D eigenvalue weighted by Gasteiger charge is -2.44. The number of aromatic nitrogens is 1. The van der Waals surface area contributed by atoms with E-state index in [2.05, 4.69) is 21.3 Å². The number of carbonyl (C=O) groups is 2. The molecule has 4 aliphatic heterocycles. The van der Waals surface area contributed by atoms with Crippen molar-refractivity contribution in [2.24, 2.45) is 5.92 Å². The zero-order valence-corrected chi connectivity index (χ0v) is 21.6. The third-order valence-corrected chi connectivity index (χ3v) is 7.23. The van der Waals surface area contributed by atoms with Crippen LogP contribution in [0, 0.1) is 17.2 Å². The normalized spacial score (nSPS) is 23.8. The first-order valence-corrected chi connectivity index (χ1v) is 13.0. The number of nitriles is 1. The van der Waals surface area contributed by atoms with Gasteiger partial charge in [0, 0.05) is 30.4 Å². The van der Waals surface area contributed by atoms with Gasteiger partial charge in [0.05, 0.1) is 12.2 Å². The highest BCUT2D eigenvalue weighted by atomic mass is 16.5. The molecule has 0 aliphatic carbocycles. The van der Waals surface area contributed by atoms with Crippen LogP contribution in [-0.4, -0.2) is 59.6 Å². The maximum atomic E-state index is 13.3. The Hall–Kier alpha value is -3.48. The van der Waals surface area contributed by atoms with Crippen LogP contribution in [0.3, 0.4) is 0 Å². The predicted octanol–water partition coefficient (Wildman–Crippen LogP) is 3.61. The van der Waals surface area contributed by atoms with E-state index in [-0.39, 0.29) is 24.4 Å². The molecule has 4 aliphatic rings. The first-order chi connectivity index (χ1) is 18.0. The summed E-state index contributed by atoms with van der Waals surface area (Å²) < 4.78 is 6.43. The first kappa shape index (κ1) is 26.6. The van der Waals surface area contributed by atoms with E-state index in [0.29, 0.717) is 53.6 Å². The smallest absolute Gasteiger partial charge is 0.327 e. The number of allylic oxidation sites excluding steroid dienone is 5. The van der Waals surface area contributed by atoms with Crippen LogP contribution in [0.25, 0.3) is 0 Å². The molecule has 9 heteroatoms. The molecule has 3 fully saturated rings. The number of amides is 2. The van der Waals surface area contributed by atoms with Crippen LogP contribution < -0.4 is 10.2 Å². The van der Waals surface area contributed by atoms with Crippen molar-refractivity contribution in [1.82, 2.24) is 15.2 Å². The van der Waals surface area contributed by atoms with Crippen LogP contribution in [0.2, 0.25) is 0 Å². The number of urea groups is 1. The van der Waals surface area contributed by atoms with Crippen LogP contribution >= 0.6 is 0 Å². The Balaban J connectivity index is 1.57. The lowest BCUT2D eigenvalue weighted by Crippen LogP contribution is -2.51. The molecule has 0 radical (unpaired) electrons. The number of anilines is 1. The predicted molar refractivity (Wildman–Crippen MR) is 140 cm³/mol. The molecule has 196 valence electrons. The molecule has 1 aromatic rings. The zero-order valence-electron chi connectivity index (χ0n) is 21.6. The van der Waals surface area contributed by atoms with E-state index in [9.17, 15) is 20.0 Å². The maximum absolute atomic E-state index is 13.3. The van der Waals surface area contributed by atoms with Gasteiger partial charge in [0.15, 0.2) is 6.29 Å². The lowest BCUT2D eigenvalue weighted by molar-refractivity contribution is -0.0387. The van der Waals surface area contributed by atoms with Gasteiger partial charge in [-0.1, -0.05) is 13.0 Å². The van der Waals surface area contributed by atoms with Crippen molar-refractivity contribution >= 4 is 18.1 Å². The average molecular weight is 506 g/mol. The molecule has 1 atom stereocenters. The van der Waals surface area contributed by atoms with E-state index in [1.807, 2.05) is 13.0 Å². The number of hydrogen-bond donors (Lipinski definition) is 2. The highest BCUT2D eigenvalue weighted by Crippen LogP contribution is 2.32. The number of aliphatic hydroxyl groups is 1. The Morgan fingerprint density at radius 1 is 1.35 bits per heavy atom. The third-order valence-electron chi connectivity index (χ3n) is 7.23. The van der Waals surface area contributed by atoms with E-state index in [1.54, 1.807) is 25.1 Å². The highest BCUT2D eigenvalue weighted by Gasteiger charge is 2.36. The van der Waals surface area contributed by atoms with E-state index in [1.165, 1.54) is 4.90 Å². The Morgan fingerprint density at radius 2 is 2.14 bits per heavy atom. The van der Waals surface area contributed by atoms with Gasteiger partial charge >= 0.3 is 6.03 Å². The molecule has 2 N–H and O–H groups in total. The summed E-state index contributed by atoms with van der Waals surface area (Å²) in [5.41, 5.74) is 2.36. The second-order valence-corrected chi connectivity index (χ2v) is 9.80. The summed E-state index contributed by atoms with van der Waals surface area (Å²) in [6, 6.07) is 3.62. The highest BCUT2D eigenvalue weighted by molar-refractivity contribution is 5.93. The zero-order chi connectivity index (χ0) is 26.4. The van der Waals surface area contributed by atoms with Crippen LogP contribution in [0.15, 0.2) is 41.3 Å². The van der Waals surface area contributed by atoms with E-state index < -0.39 is 0 Å². The minimum absolute atomic E-state index is 0.0104. The van der Waals surface area contributed by atoms with Crippen LogP contribution in [0.5, 0.6) is 0 Å². The number of pyridine rings is 1. The summed E-state index contributed by atoms with van der Waals surface area (Å²) in [5, 5.41) is 22.3. The molecule has 5 heterocycles. The lowest BCUT2D eigenvalue weighted by atomic mass is 9.86. The molecule has 1 aromatic heterocycles. The summed E-state index contributed by atoms with van der Waals surface area (Å²) in [5.74, 6) is 1.35. The van der Waals surface area contributed by atoms with Gasteiger partial charge in [-0.25, -0.2) is 9.78 Å². The molecule has 0 saturated carbocycles. The van der Waals surface area contributed by atoms with Crippen molar-refractivity contribution in [1.29, 1.82) is 5.26 Å². The van der Waals surface area contributed by atoms with Crippen molar-refractivity contribution in [3.05, 3.63) is 58.1 Å². The number of nitrogens with one attached hydrogen (secondary N) is 1. The van der Waals surface area contributed by atoms with E-state index >= 15 is 0 Å². The molecule has 3 saturated heterocycles. The van der Waals surface area contributed by atoms with Gasteiger partial charge in [-0.2, -0.15) is 5.26 Å². The number of aldehydes is 1. The number of fused-ring (bicyclic) bond motifs is 4. The van der Waals surface area contributed by atoms with Gasteiger partial charge in [-0.3, -0.25) is 14.6 Å². The largest absolute Gasteiger partial charge is 0.487 e. The number of hydrogen-bond acceptors (Lipinski definition) is 7. The second-order valence-electron chi connectivity index (χ2n) is 9.80. The quantitative estimate of drug-likeness (QED) is 0.240. The van der Waals surface area contributed by atoms with Gasteiger partial charge in [0.2, 0.25) is 0 Å². The number of aliphatic hydroxyl groups excluding tert-OH is 1. The summed E-state index contributed by atoms with van der Waals surface area (Å²) in [6.45, 7) is 6.96. The van der Waals surface area contributed by atoms with Crippen molar-refractivity contribution in [3.63, 3.8) is 0 Å². The van der Waals surface area contributed by atoms with Crippen molar-refractivity contribution in [3.8, 4) is 6.07 Å². The van der Waals surface area contributed by atoms with Gasteiger partial charge < -0.3 is 15.2 Å². The first-order valence-electron chi connectivity index (χ1n) is 13.0. The number of piperidine rings is 3. The van der Waals surface area contributed by atoms with Gasteiger partial charge in [0.1, 0.15) is 29.4 Å². The molecule has 9 nitrogen and oxygen atoms in total. The Labute approximate surface area is 218 Å². The minimum Gasteiger partial charge on any atom is -0.487 e. The Bertz CT molecular complexity index is 1160. The molecular formula is C28H35N5O4. The van der Waals surface area contributed by atoms with Crippen molar-refractivity contribution in [2.45, 2.75) is 58.7 Å². The summed E-state index contributed by atoms with van der Waals surface area (Å²) >= 11 is 0. The second kappa shape index (κ2) is 12.2. The number of nitrogens with zero attached hydrogens (tertiary/aromatic N) is 4. The summed E-state index contributed by atoms with van der Waals surface area (Å²) in [6.07, 6.45) is 10.4. The van der Waals surface area contributed by atoms with Crippen molar-refractivity contribution < 1.29 is 19.4 Å². The maximum Gasteiger partial charge on any atom is 0.327 e. The average Bonchev–Trinajstić information content (AvgIpc) is 2.92. The van der Waals surface area contributed by atoms with Crippen LogP contribution in [-0.2, 0) is 17.8 Å². The topological polar surface area (TPSA) is 119 Å². The van der Waals surface area contributed by atoms with Crippen LogP contribution in [0.4, 0.5) is 10.6 Å². The fraction of sp³-hybridized carbons (Fsp3) is 0.500. The number of rotatable bonds is 8. The molecule has 5 rings (SSSR count). The summed E-state index contributed by atoms with van der Waals surface area (Å²) in [4.78, 5) is 33.0.